The molecule has 3 N–H and O–H groups in total. The van der Waals surface area contributed by atoms with E-state index in [1.165, 1.54) is 6.07 Å². The van der Waals surface area contributed by atoms with Crippen molar-refractivity contribution in [3.05, 3.63) is 22.6 Å². The highest BCUT2D eigenvalue weighted by Crippen LogP contribution is 2.13. The van der Waals surface area contributed by atoms with Crippen LogP contribution in [-0.4, -0.2) is 23.8 Å². The SMILES string of the molecule is O=C(O)NCNC(=O)c1ccc(Br)o1. The first-order chi connectivity index (χ1) is 6.59. The second kappa shape index (κ2) is 4.66. The van der Waals surface area contributed by atoms with E-state index in [0.29, 0.717) is 4.67 Å². The summed E-state index contributed by atoms with van der Waals surface area (Å²) in [7, 11) is 0. The van der Waals surface area contributed by atoms with E-state index in [1.54, 1.807) is 6.07 Å². The third-order valence-corrected chi connectivity index (χ3v) is 1.71. The Hall–Kier alpha value is -1.50. The number of carboxylic acid groups (broad SMARTS) is 1. The first-order valence-corrected chi connectivity index (χ1v) is 4.39. The molecule has 0 spiro atoms. The lowest BCUT2D eigenvalue weighted by molar-refractivity contribution is 0.0922. The van der Waals surface area contributed by atoms with Gasteiger partial charge < -0.3 is 20.2 Å². The minimum atomic E-state index is -1.20. The van der Waals surface area contributed by atoms with Crippen molar-refractivity contribution in [3.8, 4) is 0 Å². The molecule has 1 aromatic rings. The van der Waals surface area contributed by atoms with Crippen molar-refractivity contribution in [1.82, 2.24) is 10.6 Å². The lowest BCUT2D eigenvalue weighted by atomic mass is 10.4. The lowest BCUT2D eigenvalue weighted by Crippen LogP contribution is -2.36. The van der Waals surface area contributed by atoms with Crippen molar-refractivity contribution in [2.45, 2.75) is 0 Å². The molecule has 1 aromatic heterocycles. The molecule has 0 saturated carbocycles. The average molecular weight is 263 g/mol. The summed E-state index contributed by atoms with van der Waals surface area (Å²) in [6.07, 6.45) is -1.20. The Balaban J connectivity index is 2.39. The fourth-order valence-corrected chi connectivity index (χ4v) is 1.03. The molecule has 2 amide bonds. The van der Waals surface area contributed by atoms with Crippen LogP contribution in [0.15, 0.2) is 21.2 Å². The minimum Gasteiger partial charge on any atom is -0.465 e. The van der Waals surface area contributed by atoms with Crippen molar-refractivity contribution >= 4 is 27.9 Å². The molecule has 0 saturated heterocycles. The molecule has 7 heteroatoms. The minimum absolute atomic E-state index is 0.115. The molecule has 6 nitrogen and oxygen atoms in total. The summed E-state index contributed by atoms with van der Waals surface area (Å²) in [5, 5.41) is 12.5. The van der Waals surface area contributed by atoms with Gasteiger partial charge in [0.1, 0.15) is 0 Å². The van der Waals surface area contributed by atoms with E-state index in [4.69, 9.17) is 9.52 Å². The van der Waals surface area contributed by atoms with Gasteiger partial charge in [0.25, 0.3) is 5.91 Å². The van der Waals surface area contributed by atoms with E-state index in [0.717, 1.165) is 0 Å². The standard InChI is InChI=1S/C7H7BrN2O4/c8-5-2-1-4(14-5)6(11)9-3-10-7(12)13/h1-2,10H,3H2,(H,9,11)(H,12,13). The molecule has 0 bridgehead atoms. The van der Waals surface area contributed by atoms with E-state index in [2.05, 4.69) is 21.2 Å². The van der Waals surface area contributed by atoms with Gasteiger partial charge in [0.15, 0.2) is 10.4 Å². The van der Waals surface area contributed by atoms with Crippen LogP contribution in [0.1, 0.15) is 10.6 Å². The van der Waals surface area contributed by atoms with Crippen molar-refractivity contribution in [1.29, 1.82) is 0 Å². The van der Waals surface area contributed by atoms with Crippen LogP contribution < -0.4 is 10.6 Å². The third-order valence-electron chi connectivity index (χ3n) is 1.29. The van der Waals surface area contributed by atoms with Crippen molar-refractivity contribution in [2.75, 3.05) is 6.67 Å². The molecule has 0 aliphatic heterocycles. The first-order valence-electron chi connectivity index (χ1n) is 3.60. The van der Waals surface area contributed by atoms with Gasteiger partial charge in [0.2, 0.25) is 0 Å². The van der Waals surface area contributed by atoms with E-state index < -0.39 is 12.0 Å². The van der Waals surface area contributed by atoms with Gasteiger partial charge in [0, 0.05) is 0 Å². The summed E-state index contributed by atoms with van der Waals surface area (Å²) in [5.41, 5.74) is 0. The number of nitrogens with one attached hydrogen (secondary N) is 2. The number of hydrogen-bond donors (Lipinski definition) is 3. The number of carbonyl (C=O) groups excluding carboxylic acids is 1. The highest BCUT2D eigenvalue weighted by atomic mass is 79.9. The molecule has 0 aliphatic rings. The molecule has 14 heavy (non-hydrogen) atoms. The summed E-state index contributed by atoms with van der Waals surface area (Å²) in [6.45, 7) is -0.160. The van der Waals surface area contributed by atoms with Gasteiger partial charge in [0.05, 0.1) is 6.67 Å². The molecule has 76 valence electrons. The van der Waals surface area contributed by atoms with Crippen LogP contribution in [0.5, 0.6) is 0 Å². The van der Waals surface area contributed by atoms with Gasteiger partial charge in [-0.2, -0.15) is 0 Å². The number of hydrogen-bond acceptors (Lipinski definition) is 3. The Kier molecular flexibility index (Phi) is 3.52. The van der Waals surface area contributed by atoms with Crippen LogP contribution in [-0.2, 0) is 0 Å². The molecule has 0 aliphatic carbocycles. The molecule has 0 fully saturated rings. The number of carbonyl (C=O) groups is 2. The van der Waals surface area contributed by atoms with Crippen molar-refractivity contribution in [2.24, 2.45) is 0 Å². The molecule has 0 atom stereocenters. The van der Waals surface area contributed by atoms with Crippen LogP contribution in [0.25, 0.3) is 0 Å². The lowest BCUT2D eigenvalue weighted by Gasteiger charge is -2.01. The Labute approximate surface area is 87.4 Å². The summed E-state index contributed by atoms with van der Waals surface area (Å²) in [4.78, 5) is 21.2. The highest BCUT2D eigenvalue weighted by Gasteiger charge is 2.09. The maximum Gasteiger partial charge on any atom is 0.406 e. The summed E-state index contributed by atoms with van der Waals surface area (Å²) in [5.74, 6) is -0.367. The van der Waals surface area contributed by atoms with Crippen LogP contribution in [0.4, 0.5) is 4.79 Å². The van der Waals surface area contributed by atoms with Gasteiger partial charge in [-0.15, -0.1) is 0 Å². The molecular weight excluding hydrogens is 256 g/mol. The maximum absolute atomic E-state index is 11.2. The molecule has 1 rings (SSSR count). The highest BCUT2D eigenvalue weighted by molar-refractivity contribution is 9.10. The van der Waals surface area contributed by atoms with Gasteiger partial charge in [-0.3, -0.25) is 4.79 Å². The van der Waals surface area contributed by atoms with Gasteiger partial charge in [-0.25, -0.2) is 4.79 Å². The molecule has 0 radical (unpaired) electrons. The normalized spacial score (nSPS) is 9.50. The molecule has 0 unspecified atom stereocenters. The van der Waals surface area contributed by atoms with Gasteiger partial charge in [-0.05, 0) is 28.1 Å². The molecule has 0 aromatic carbocycles. The summed E-state index contributed by atoms with van der Waals surface area (Å²) in [6, 6.07) is 3.04. The maximum atomic E-state index is 11.2. The predicted molar refractivity (Wildman–Crippen MR) is 49.9 cm³/mol. The van der Waals surface area contributed by atoms with E-state index >= 15 is 0 Å². The summed E-state index contributed by atoms with van der Waals surface area (Å²) >= 11 is 3.04. The fourth-order valence-electron chi connectivity index (χ4n) is 0.724. The zero-order chi connectivity index (χ0) is 10.6. The Morgan fingerprint density at radius 2 is 2.14 bits per heavy atom. The smallest absolute Gasteiger partial charge is 0.406 e. The van der Waals surface area contributed by atoms with Crippen molar-refractivity contribution in [3.63, 3.8) is 0 Å². The van der Waals surface area contributed by atoms with E-state index in [1.807, 2.05) is 5.32 Å². The summed E-state index contributed by atoms with van der Waals surface area (Å²) < 4.78 is 5.37. The number of halogens is 1. The van der Waals surface area contributed by atoms with Crippen molar-refractivity contribution < 1.29 is 19.1 Å². The van der Waals surface area contributed by atoms with E-state index in [-0.39, 0.29) is 12.4 Å². The largest absolute Gasteiger partial charge is 0.465 e. The van der Waals surface area contributed by atoms with Crippen LogP contribution in [0, 0.1) is 0 Å². The monoisotopic (exact) mass is 262 g/mol. The average Bonchev–Trinajstić information content (AvgIpc) is 2.51. The fraction of sp³-hybridized carbons (Fsp3) is 0.143. The predicted octanol–water partition coefficient (Wildman–Crippen LogP) is 0.997. The Bertz CT molecular complexity index is 349. The second-order valence-corrected chi connectivity index (χ2v) is 3.05. The number of furan rings is 1. The zero-order valence-electron chi connectivity index (χ0n) is 6.91. The van der Waals surface area contributed by atoms with Crippen LogP contribution in [0.3, 0.4) is 0 Å². The third kappa shape index (κ3) is 3.09. The van der Waals surface area contributed by atoms with Crippen LogP contribution >= 0.6 is 15.9 Å². The van der Waals surface area contributed by atoms with Gasteiger partial charge in [-0.1, -0.05) is 0 Å². The van der Waals surface area contributed by atoms with E-state index in [9.17, 15) is 9.59 Å². The Morgan fingerprint density at radius 1 is 1.43 bits per heavy atom. The topological polar surface area (TPSA) is 91.6 Å². The zero-order valence-corrected chi connectivity index (χ0v) is 8.50. The quantitative estimate of drug-likeness (QED) is 0.709. The molecule has 1 heterocycles. The Morgan fingerprint density at radius 3 is 2.64 bits per heavy atom. The number of rotatable bonds is 3. The van der Waals surface area contributed by atoms with Crippen LogP contribution in [0.2, 0.25) is 0 Å². The molecular formula is C7H7BrN2O4. The van der Waals surface area contributed by atoms with Gasteiger partial charge >= 0.3 is 6.09 Å². The first kappa shape index (κ1) is 10.6. The number of amides is 2. The second-order valence-electron chi connectivity index (χ2n) is 2.27.